The third kappa shape index (κ3) is 4.21. The number of aliphatic hydroxyl groups is 1. The summed E-state index contributed by atoms with van der Waals surface area (Å²) in [5.74, 6) is 2.13. The number of anilines is 1. The molecule has 0 spiro atoms. The molecule has 3 aromatic heterocycles. The Morgan fingerprint density at radius 3 is 2.47 bits per heavy atom. The largest absolute Gasteiger partial charge is 0.389 e. The maximum atomic E-state index is 10.1. The average molecular weight is 459 g/mol. The molecule has 1 saturated carbocycles. The summed E-state index contributed by atoms with van der Waals surface area (Å²) in [5.41, 5.74) is 9.65. The van der Waals surface area contributed by atoms with E-state index in [-0.39, 0.29) is 5.41 Å². The van der Waals surface area contributed by atoms with Crippen LogP contribution in [0.3, 0.4) is 0 Å². The second kappa shape index (κ2) is 8.06. The molecule has 0 unspecified atom stereocenters. The van der Waals surface area contributed by atoms with Crippen LogP contribution in [0.5, 0.6) is 0 Å². The van der Waals surface area contributed by atoms with Gasteiger partial charge in [-0.2, -0.15) is 10.1 Å². The fourth-order valence-electron chi connectivity index (χ4n) is 4.47. The molecule has 0 radical (unpaired) electrons. The summed E-state index contributed by atoms with van der Waals surface area (Å²) in [5, 5.41) is 18.8. The summed E-state index contributed by atoms with van der Waals surface area (Å²) in [4.78, 5) is 9.07. The van der Waals surface area contributed by atoms with Crippen molar-refractivity contribution < 1.29 is 9.63 Å². The Morgan fingerprint density at radius 2 is 1.82 bits per heavy atom. The van der Waals surface area contributed by atoms with Gasteiger partial charge in [-0.1, -0.05) is 29.4 Å². The third-order valence-corrected chi connectivity index (χ3v) is 6.65. The summed E-state index contributed by atoms with van der Waals surface area (Å²) in [6.07, 6.45) is 7.58. The van der Waals surface area contributed by atoms with Gasteiger partial charge in [-0.3, -0.25) is 4.68 Å². The number of benzene rings is 1. The zero-order valence-electron chi connectivity index (χ0n) is 20.0. The smallest absolute Gasteiger partial charge is 0.261 e. The molecule has 0 amide bonds. The molecule has 0 saturated heterocycles. The van der Waals surface area contributed by atoms with Crippen LogP contribution >= 0.6 is 0 Å². The van der Waals surface area contributed by atoms with Crippen molar-refractivity contribution in [1.29, 1.82) is 0 Å². The van der Waals surface area contributed by atoms with Crippen LogP contribution in [0.25, 0.3) is 22.6 Å². The van der Waals surface area contributed by atoms with Crippen LogP contribution in [0, 0.1) is 12.8 Å². The van der Waals surface area contributed by atoms with Gasteiger partial charge in [-0.25, -0.2) is 4.98 Å². The first-order valence-corrected chi connectivity index (χ1v) is 11.6. The first-order chi connectivity index (χ1) is 16.1. The lowest BCUT2D eigenvalue weighted by Crippen LogP contribution is -2.28. The van der Waals surface area contributed by atoms with Crippen LogP contribution in [0.1, 0.15) is 50.6 Å². The van der Waals surface area contributed by atoms with Crippen LogP contribution in [0.2, 0.25) is 0 Å². The normalized spacial score (nSPS) is 15.9. The number of nitrogens with zero attached hydrogens (tertiary/aromatic N) is 5. The Balaban J connectivity index is 1.44. The van der Waals surface area contributed by atoms with Crippen molar-refractivity contribution in [1.82, 2.24) is 24.9 Å². The summed E-state index contributed by atoms with van der Waals surface area (Å²) in [6, 6.07) is 10.6. The average Bonchev–Trinajstić information content (AvgIpc) is 3.36. The van der Waals surface area contributed by atoms with Crippen LogP contribution in [0.4, 0.5) is 5.82 Å². The van der Waals surface area contributed by atoms with E-state index in [0.717, 1.165) is 40.7 Å². The van der Waals surface area contributed by atoms with Gasteiger partial charge in [0.2, 0.25) is 0 Å². The lowest BCUT2D eigenvalue weighted by molar-refractivity contribution is 0.0577. The Bertz CT molecular complexity index is 1310. The van der Waals surface area contributed by atoms with Crippen LogP contribution in [0.15, 0.2) is 53.4 Å². The highest BCUT2D eigenvalue weighted by Gasteiger charge is 2.47. The minimum Gasteiger partial charge on any atom is -0.389 e. The molecule has 176 valence electrons. The van der Waals surface area contributed by atoms with Gasteiger partial charge in [0, 0.05) is 18.0 Å². The van der Waals surface area contributed by atoms with Gasteiger partial charge >= 0.3 is 0 Å². The summed E-state index contributed by atoms with van der Waals surface area (Å²) >= 11 is 0. The molecule has 1 fully saturated rings. The van der Waals surface area contributed by atoms with E-state index >= 15 is 0 Å². The van der Waals surface area contributed by atoms with E-state index in [1.54, 1.807) is 30.9 Å². The molecule has 1 aromatic carbocycles. The standard InChI is InChI=1S/C26H30N6O2/c1-16-11-18(12-28-22(16)27)17-5-7-20(8-6-17)26(4,21-9-10-21)24-30-23(34-31-24)19-13-29-32(14-19)15-25(2,3)33/h5-8,11-14,21,33H,9-10,15H2,1-4H3,(H2,27,28)/t26-/m0/s1. The van der Waals surface area contributed by atoms with Gasteiger partial charge in [0.25, 0.3) is 5.89 Å². The van der Waals surface area contributed by atoms with Crippen LogP contribution < -0.4 is 5.73 Å². The van der Waals surface area contributed by atoms with E-state index in [0.29, 0.717) is 30.0 Å². The van der Waals surface area contributed by atoms with E-state index in [4.69, 9.17) is 15.2 Å². The van der Waals surface area contributed by atoms with Crippen molar-refractivity contribution >= 4 is 5.82 Å². The van der Waals surface area contributed by atoms with Crippen molar-refractivity contribution in [2.45, 2.75) is 58.1 Å². The van der Waals surface area contributed by atoms with E-state index in [9.17, 15) is 5.11 Å². The van der Waals surface area contributed by atoms with Gasteiger partial charge in [0.15, 0.2) is 5.82 Å². The molecule has 1 atom stereocenters. The third-order valence-electron chi connectivity index (χ3n) is 6.65. The van der Waals surface area contributed by atoms with E-state index < -0.39 is 5.60 Å². The Hall–Kier alpha value is -3.52. The van der Waals surface area contributed by atoms with Crippen LogP contribution in [-0.2, 0) is 12.0 Å². The van der Waals surface area contributed by atoms with Crippen molar-refractivity contribution in [2.75, 3.05) is 5.73 Å². The number of aryl methyl sites for hydroxylation is 1. The fraction of sp³-hybridized carbons (Fsp3) is 0.385. The van der Waals surface area contributed by atoms with Gasteiger partial charge in [-0.15, -0.1) is 0 Å². The van der Waals surface area contributed by atoms with E-state index in [2.05, 4.69) is 52.5 Å². The zero-order valence-corrected chi connectivity index (χ0v) is 20.0. The fourth-order valence-corrected chi connectivity index (χ4v) is 4.47. The van der Waals surface area contributed by atoms with E-state index in [1.807, 2.05) is 13.1 Å². The predicted molar refractivity (Wildman–Crippen MR) is 130 cm³/mol. The van der Waals surface area contributed by atoms with Gasteiger partial charge in [0.05, 0.1) is 29.3 Å². The van der Waals surface area contributed by atoms with Crippen molar-refractivity contribution in [3.05, 3.63) is 65.9 Å². The molecule has 5 rings (SSSR count). The number of rotatable bonds is 7. The maximum absolute atomic E-state index is 10.1. The molecule has 3 N–H and O–H groups in total. The summed E-state index contributed by atoms with van der Waals surface area (Å²) in [7, 11) is 0. The second-order valence-electron chi connectivity index (χ2n) is 10.1. The number of pyridine rings is 1. The quantitative estimate of drug-likeness (QED) is 0.422. The molecule has 8 heteroatoms. The summed E-state index contributed by atoms with van der Waals surface area (Å²) < 4.78 is 7.35. The second-order valence-corrected chi connectivity index (χ2v) is 10.1. The number of aromatic nitrogens is 5. The lowest BCUT2D eigenvalue weighted by Gasteiger charge is -2.27. The Morgan fingerprint density at radius 1 is 1.09 bits per heavy atom. The lowest BCUT2D eigenvalue weighted by atomic mass is 9.76. The Kier molecular flexibility index (Phi) is 5.28. The van der Waals surface area contributed by atoms with Crippen molar-refractivity contribution in [2.24, 2.45) is 5.92 Å². The number of nitrogens with two attached hydrogens (primary N) is 1. The minimum atomic E-state index is -0.860. The predicted octanol–water partition coefficient (Wildman–Crippen LogP) is 4.37. The van der Waals surface area contributed by atoms with Gasteiger partial charge in [-0.05, 0) is 69.2 Å². The molecule has 0 bridgehead atoms. The highest BCUT2D eigenvalue weighted by molar-refractivity contribution is 5.66. The first kappa shape index (κ1) is 22.3. The monoisotopic (exact) mass is 458 g/mol. The van der Waals surface area contributed by atoms with Gasteiger partial charge in [0.1, 0.15) is 5.82 Å². The summed E-state index contributed by atoms with van der Waals surface area (Å²) in [6.45, 7) is 8.03. The SMILES string of the molecule is Cc1cc(-c2ccc([C@](C)(c3noc(-c4cnn(CC(C)(C)O)c4)n3)C3CC3)cc2)cnc1N. The highest BCUT2D eigenvalue weighted by Crippen LogP contribution is 2.50. The molecule has 4 aromatic rings. The first-order valence-electron chi connectivity index (χ1n) is 11.6. The highest BCUT2D eigenvalue weighted by atomic mass is 16.5. The van der Waals surface area contributed by atoms with E-state index in [1.165, 1.54) is 0 Å². The number of hydrogen-bond donors (Lipinski definition) is 2. The molecule has 3 heterocycles. The van der Waals surface area contributed by atoms with Gasteiger partial charge < -0.3 is 15.4 Å². The van der Waals surface area contributed by atoms with Crippen molar-refractivity contribution in [3.8, 4) is 22.6 Å². The molecule has 1 aliphatic rings. The molecule has 8 nitrogen and oxygen atoms in total. The number of hydrogen-bond acceptors (Lipinski definition) is 7. The minimum absolute atomic E-state index is 0.349. The maximum Gasteiger partial charge on any atom is 0.261 e. The topological polar surface area (TPSA) is 116 Å². The molecule has 1 aliphatic carbocycles. The Labute approximate surface area is 198 Å². The molecular formula is C26H30N6O2. The van der Waals surface area contributed by atoms with Crippen molar-refractivity contribution in [3.63, 3.8) is 0 Å². The zero-order chi connectivity index (χ0) is 24.1. The molecular weight excluding hydrogens is 428 g/mol. The molecule has 0 aliphatic heterocycles. The van der Waals surface area contributed by atoms with Crippen LogP contribution in [-0.4, -0.2) is 35.6 Å². The number of nitrogen functional groups attached to an aromatic ring is 1. The molecule has 34 heavy (non-hydrogen) atoms.